The summed E-state index contributed by atoms with van der Waals surface area (Å²) in [6.45, 7) is 5.69. The minimum atomic E-state index is -1.34. The number of hydrogen-bond donors (Lipinski definition) is 3. The van der Waals surface area contributed by atoms with Crippen molar-refractivity contribution in [2.45, 2.75) is 56.8 Å². The van der Waals surface area contributed by atoms with Gasteiger partial charge in [-0.3, -0.25) is 9.59 Å². The van der Waals surface area contributed by atoms with Crippen molar-refractivity contribution in [1.29, 1.82) is 0 Å². The molecule has 0 bridgehead atoms. The summed E-state index contributed by atoms with van der Waals surface area (Å²) in [6.07, 6.45) is 1.73. The molecule has 0 aromatic carbocycles. The Balaban J connectivity index is 2.25. The number of carbonyl (C=O) groups excluding carboxylic acids is 2. The maximum Gasteiger partial charge on any atom is 0.246 e. The number of likely N-dealkylation sites (tertiary alicyclic amines) is 1. The molecule has 0 saturated carbocycles. The van der Waals surface area contributed by atoms with Crippen molar-refractivity contribution in [1.82, 2.24) is 10.2 Å². The van der Waals surface area contributed by atoms with Gasteiger partial charge in [-0.05, 0) is 40.2 Å². The van der Waals surface area contributed by atoms with Gasteiger partial charge in [-0.25, -0.2) is 0 Å². The molecule has 0 aliphatic carbocycles. The summed E-state index contributed by atoms with van der Waals surface area (Å²) >= 11 is 0. The van der Waals surface area contributed by atoms with Gasteiger partial charge in [0.15, 0.2) is 0 Å². The van der Waals surface area contributed by atoms with Crippen LogP contribution in [-0.4, -0.2) is 51.6 Å². The van der Waals surface area contributed by atoms with Crippen LogP contribution in [0, 0.1) is 0 Å². The Bertz CT molecular complexity index is 383. The van der Waals surface area contributed by atoms with Crippen molar-refractivity contribution in [3.63, 3.8) is 0 Å². The van der Waals surface area contributed by atoms with Gasteiger partial charge in [0, 0.05) is 0 Å². The first-order chi connectivity index (χ1) is 8.22. The van der Waals surface area contributed by atoms with Crippen LogP contribution < -0.4 is 11.1 Å². The van der Waals surface area contributed by atoms with E-state index in [1.165, 1.54) is 18.7 Å². The van der Waals surface area contributed by atoms with E-state index in [2.05, 4.69) is 5.32 Å². The third kappa shape index (κ3) is 1.63. The number of aliphatic hydroxyl groups is 1. The van der Waals surface area contributed by atoms with E-state index >= 15 is 0 Å². The van der Waals surface area contributed by atoms with Crippen LogP contribution >= 0.6 is 0 Å². The van der Waals surface area contributed by atoms with Crippen LogP contribution in [0.15, 0.2) is 0 Å². The largest absolute Gasteiger partial charge is 0.388 e. The van der Waals surface area contributed by atoms with Gasteiger partial charge in [0.2, 0.25) is 11.8 Å². The number of primary amides is 1. The number of carbonyl (C=O) groups is 2. The van der Waals surface area contributed by atoms with E-state index in [0.717, 1.165) is 19.4 Å². The third-order valence-corrected chi connectivity index (χ3v) is 4.15. The molecule has 2 aliphatic heterocycles. The van der Waals surface area contributed by atoms with Crippen molar-refractivity contribution >= 4 is 11.8 Å². The predicted molar refractivity (Wildman–Crippen MR) is 65.6 cm³/mol. The molecule has 0 radical (unpaired) electrons. The molecule has 1 spiro atoms. The molecule has 0 aromatic rings. The molecule has 2 aliphatic rings. The molecule has 3 atom stereocenters. The first kappa shape index (κ1) is 13.3. The highest BCUT2D eigenvalue weighted by Crippen LogP contribution is 2.40. The van der Waals surface area contributed by atoms with E-state index in [4.69, 9.17) is 5.73 Å². The van der Waals surface area contributed by atoms with Crippen LogP contribution in [-0.2, 0) is 9.59 Å². The van der Waals surface area contributed by atoms with E-state index in [1.807, 2.05) is 6.92 Å². The second kappa shape index (κ2) is 3.93. The molecule has 0 aromatic heterocycles. The lowest BCUT2D eigenvalue weighted by Gasteiger charge is -2.57. The average Bonchev–Trinajstić information content (AvgIpc) is 2.73. The second-order valence-corrected chi connectivity index (χ2v) is 5.85. The van der Waals surface area contributed by atoms with Gasteiger partial charge >= 0.3 is 0 Å². The lowest BCUT2D eigenvalue weighted by atomic mass is 9.75. The highest BCUT2D eigenvalue weighted by molar-refractivity contribution is 5.98. The molecule has 6 heteroatoms. The topological polar surface area (TPSA) is 95.7 Å². The van der Waals surface area contributed by atoms with Gasteiger partial charge in [-0.2, -0.15) is 0 Å². The fourth-order valence-electron chi connectivity index (χ4n) is 3.23. The molecule has 2 fully saturated rings. The van der Waals surface area contributed by atoms with E-state index in [0.29, 0.717) is 0 Å². The van der Waals surface area contributed by atoms with Crippen molar-refractivity contribution in [3.8, 4) is 0 Å². The van der Waals surface area contributed by atoms with Crippen molar-refractivity contribution in [3.05, 3.63) is 0 Å². The van der Waals surface area contributed by atoms with Gasteiger partial charge in [0.1, 0.15) is 11.6 Å². The molecule has 2 amide bonds. The Morgan fingerprint density at radius 2 is 2.28 bits per heavy atom. The van der Waals surface area contributed by atoms with E-state index in [-0.39, 0.29) is 11.9 Å². The minimum absolute atomic E-state index is 0.126. The van der Waals surface area contributed by atoms with Crippen LogP contribution in [0.1, 0.15) is 33.6 Å². The molecule has 18 heavy (non-hydrogen) atoms. The van der Waals surface area contributed by atoms with E-state index < -0.39 is 23.1 Å². The average molecular weight is 255 g/mol. The molecule has 102 valence electrons. The fraction of sp³-hybridized carbons (Fsp3) is 0.833. The molecular formula is C12H21N3O3. The Hall–Kier alpha value is -1.14. The number of nitrogens with two attached hydrogens (primary N) is 1. The molecule has 2 saturated heterocycles. The summed E-state index contributed by atoms with van der Waals surface area (Å²) in [5, 5.41) is 13.3. The van der Waals surface area contributed by atoms with E-state index in [9.17, 15) is 14.7 Å². The lowest BCUT2D eigenvalue weighted by molar-refractivity contribution is -0.178. The first-order valence-electron chi connectivity index (χ1n) is 6.31. The predicted octanol–water partition coefficient (Wildman–Crippen LogP) is -1.04. The van der Waals surface area contributed by atoms with Crippen LogP contribution in [0.2, 0.25) is 0 Å². The van der Waals surface area contributed by atoms with Crippen LogP contribution in [0.3, 0.4) is 0 Å². The highest BCUT2D eigenvalue weighted by Gasteiger charge is 2.63. The Labute approximate surface area is 107 Å². The maximum atomic E-state index is 12.3. The molecule has 2 unspecified atom stereocenters. The minimum Gasteiger partial charge on any atom is -0.388 e. The van der Waals surface area contributed by atoms with Gasteiger partial charge in [-0.15, -0.1) is 0 Å². The Morgan fingerprint density at radius 1 is 1.67 bits per heavy atom. The molecule has 4 N–H and O–H groups in total. The van der Waals surface area contributed by atoms with Gasteiger partial charge in [-0.1, -0.05) is 0 Å². The van der Waals surface area contributed by atoms with Gasteiger partial charge in [0.05, 0.1) is 11.6 Å². The Kier molecular flexibility index (Phi) is 2.90. The maximum absolute atomic E-state index is 12.3. The monoisotopic (exact) mass is 255 g/mol. The lowest BCUT2D eigenvalue weighted by Crippen LogP contribution is -2.81. The quantitative estimate of drug-likeness (QED) is 0.562. The SMILES string of the molecule is CC1N([C@H](C(N)=O)C(C)(C)O)C(=O)C12CCCN2. The summed E-state index contributed by atoms with van der Waals surface area (Å²) in [5.74, 6) is -0.797. The normalized spacial score (nSPS) is 33.7. The first-order valence-corrected chi connectivity index (χ1v) is 6.31. The smallest absolute Gasteiger partial charge is 0.246 e. The molecular weight excluding hydrogens is 234 g/mol. The Morgan fingerprint density at radius 3 is 2.61 bits per heavy atom. The van der Waals surface area contributed by atoms with Crippen LogP contribution in [0.25, 0.3) is 0 Å². The molecule has 2 rings (SSSR count). The van der Waals surface area contributed by atoms with Crippen molar-refractivity contribution < 1.29 is 14.7 Å². The zero-order valence-corrected chi connectivity index (χ0v) is 11.1. The number of nitrogens with one attached hydrogen (secondary N) is 1. The summed E-state index contributed by atoms with van der Waals surface area (Å²) < 4.78 is 0. The van der Waals surface area contributed by atoms with Crippen LogP contribution in [0.4, 0.5) is 0 Å². The van der Waals surface area contributed by atoms with Crippen molar-refractivity contribution in [2.24, 2.45) is 5.73 Å². The number of amides is 2. The standard InChI is InChI=1S/C12H21N3O3/c1-7-12(5-4-6-14-12)10(17)15(7)8(9(13)16)11(2,3)18/h7-8,14,18H,4-6H2,1-3H3,(H2,13,16)/t7?,8-,12?/m1/s1. The van der Waals surface area contributed by atoms with Gasteiger partial charge < -0.3 is 21.1 Å². The summed E-state index contributed by atoms with van der Waals surface area (Å²) in [7, 11) is 0. The number of rotatable bonds is 3. The zero-order valence-electron chi connectivity index (χ0n) is 11.1. The summed E-state index contributed by atoms with van der Waals surface area (Å²) in [6, 6.07) is -1.11. The van der Waals surface area contributed by atoms with E-state index in [1.54, 1.807) is 0 Å². The summed E-state index contributed by atoms with van der Waals surface area (Å²) in [4.78, 5) is 25.3. The van der Waals surface area contributed by atoms with Gasteiger partial charge in [0.25, 0.3) is 0 Å². The molecule has 2 heterocycles. The summed E-state index contributed by atoms with van der Waals surface area (Å²) in [5.41, 5.74) is 3.45. The second-order valence-electron chi connectivity index (χ2n) is 5.85. The fourth-order valence-corrected chi connectivity index (χ4v) is 3.23. The van der Waals surface area contributed by atoms with Crippen molar-refractivity contribution in [2.75, 3.05) is 6.54 Å². The highest BCUT2D eigenvalue weighted by atomic mass is 16.3. The molecule has 6 nitrogen and oxygen atoms in total. The number of β-lactam (4-membered cyclic amide) rings is 1. The number of nitrogens with zero attached hydrogens (tertiary/aromatic N) is 1. The van der Waals surface area contributed by atoms with Crippen LogP contribution in [0.5, 0.6) is 0 Å². The third-order valence-electron chi connectivity index (χ3n) is 4.15. The number of hydrogen-bond acceptors (Lipinski definition) is 4. The zero-order chi connectivity index (χ0) is 13.7.